The van der Waals surface area contributed by atoms with Crippen LogP contribution in [0, 0.1) is 0 Å². The number of thioether (sulfide) groups is 1. The van der Waals surface area contributed by atoms with E-state index in [0.717, 1.165) is 17.4 Å². The number of urea groups is 1. The van der Waals surface area contributed by atoms with Crippen LogP contribution in [-0.2, 0) is 4.79 Å². The van der Waals surface area contributed by atoms with Gasteiger partial charge in [0.05, 0.1) is 0 Å². The maximum atomic E-state index is 11.7. The van der Waals surface area contributed by atoms with Crippen molar-refractivity contribution in [3.63, 3.8) is 0 Å². The van der Waals surface area contributed by atoms with E-state index in [1.807, 2.05) is 13.2 Å². The third-order valence-electron chi connectivity index (χ3n) is 2.38. The van der Waals surface area contributed by atoms with Crippen molar-refractivity contribution in [1.29, 1.82) is 0 Å². The smallest absolute Gasteiger partial charge is 0.328 e. The fraction of sp³-hybridized carbons (Fsp3) is 0.286. The number of rotatable bonds is 6. The first-order valence-electron chi connectivity index (χ1n) is 6.09. The standard InChI is InChI=1S/C14H18N2O3S/c1-10(9-20-2)15-14(19)16-12-6-3-11(4-7-12)5-8-13(17)18/h3-8,10H,9H2,1-2H3,(H,17,18)(H2,15,16,19)/b8-5+. The number of carbonyl (C=O) groups is 2. The van der Waals surface area contributed by atoms with E-state index < -0.39 is 5.97 Å². The molecule has 20 heavy (non-hydrogen) atoms. The first-order valence-corrected chi connectivity index (χ1v) is 7.48. The molecule has 0 aromatic heterocycles. The minimum absolute atomic E-state index is 0.0998. The van der Waals surface area contributed by atoms with E-state index >= 15 is 0 Å². The zero-order valence-corrected chi connectivity index (χ0v) is 12.2. The summed E-state index contributed by atoms with van der Waals surface area (Å²) in [6, 6.07) is 6.77. The Hall–Kier alpha value is -1.95. The number of anilines is 1. The van der Waals surface area contributed by atoms with Gasteiger partial charge in [0.2, 0.25) is 0 Å². The number of hydrogen-bond acceptors (Lipinski definition) is 3. The van der Waals surface area contributed by atoms with Gasteiger partial charge in [-0.25, -0.2) is 9.59 Å². The summed E-state index contributed by atoms with van der Waals surface area (Å²) in [7, 11) is 0. The van der Waals surface area contributed by atoms with E-state index in [0.29, 0.717) is 5.69 Å². The maximum Gasteiger partial charge on any atom is 0.328 e. The summed E-state index contributed by atoms with van der Waals surface area (Å²) in [6.07, 6.45) is 4.55. The fourth-order valence-corrected chi connectivity index (χ4v) is 2.11. The minimum atomic E-state index is -0.991. The van der Waals surface area contributed by atoms with Gasteiger partial charge >= 0.3 is 12.0 Å². The van der Waals surface area contributed by atoms with Crippen LogP contribution in [0.25, 0.3) is 6.08 Å². The second-order valence-corrected chi connectivity index (χ2v) is 5.16. The molecule has 108 valence electrons. The molecule has 2 amide bonds. The number of amides is 2. The van der Waals surface area contributed by atoms with E-state index in [-0.39, 0.29) is 12.1 Å². The quantitative estimate of drug-likeness (QED) is 0.705. The largest absolute Gasteiger partial charge is 0.478 e. The van der Waals surface area contributed by atoms with Gasteiger partial charge in [-0.15, -0.1) is 0 Å². The molecule has 6 heteroatoms. The molecular formula is C14H18N2O3S. The summed E-state index contributed by atoms with van der Waals surface area (Å²) in [4.78, 5) is 22.1. The van der Waals surface area contributed by atoms with Gasteiger partial charge in [0, 0.05) is 23.6 Å². The van der Waals surface area contributed by atoms with Crippen molar-refractivity contribution in [3.05, 3.63) is 35.9 Å². The minimum Gasteiger partial charge on any atom is -0.478 e. The summed E-state index contributed by atoms with van der Waals surface area (Å²) in [5.41, 5.74) is 1.42. The Morgan fingerprint density at radius 3 is 2.55 bits per heavy atom. The van der Waals surface area contributed by atoms with Crippen LogP contribution >= 0.6 is 11.8 Å². The van der Waals surface area contributed by atoms with Gasteiger partial charge in [-0.1, -0.05) is 12.1 Å². The number of nitrogens with one attached hydrogen (secondary N) is 2. The van der Waals surface area contributed by atoms with E-state index in [1.54, 1.807) is 36.0 Å². The van der Waals surface area contributed by atoms with Crippen LogP contribution in [0.1, 0.15) is 12.5 Å². The Bertz CT molecular complexity index is 486. The average Bonchev–Trinajstić information content (AvgIpc) is 2.37. The topological polar surface area (TPSA) is 78.4 Å². The van der Waals surface area contributed by atoms with Gasteiger partial charge < -0.3 is 15.7 Å². The third-order valence-corrected chi connectivity index (χ3v) is 3.21. The van der Waals surface area contributed by atoms with Gasteiger partial charge in [-0.3, -0.25) is 0 Å². The summed E-state index contributed by atoms with van der Waals surface area (Å²) >= 11 is 1.67. The van der Waals surface area contributed by atoms with Gasteiger partial charge in [-0.05, 0) is 37.0 Å². The summed E-state index contributed by atoms with van der Waals surface area (Å²) < 4.78 is 0. The number of aliphatic carboxylic acids is 1. The number of benzene rings is 1. The number of carbonyl (C=O) groups excluding carboxylic acids is 1. The monoisotopic (exact) mass is 294 g/mol. The third kappa shape index (κ3) is 6.29. The summed E-state index contributed by atoms with van der Waals surface area (Å²) in [5.74, 6) is -0.138. The van der Waals surface area contributed by atoms with Crippen molar-refractivity contribution in [2.45, 2.75) is 13.0 Å². The molecule has 0 aliphatic carbocycles. The lowest BCUT2D eigenvalue weighted by atomic mass is 10.2. The van der Waals surface area contributed by atoms with E-state index in [1.165, 1.54) is 6.08 Å². The first kappa shape index (κ1) is 16.1. The lowest BCUT2D eigenvalue weighted by Crippen LogP contribution is -2.37. The molecule has 0 saturated heterocycles. The highest BCUT2D eigenvalue weighted by atomic mass is 32.2. The molecule has 0 bridgehead atoms. The van der Waals surface area contributed by atoms with Crippen molar-refractivity contribution >= 4 is 35.5 Å². The highest BCUT2D eigenvalue weighted by molar-refractivity contribution is 7.98. The van der Waals surface area contributed by atoms with Gasteiger partial charge in [-0.2, -0.15) is 11.8 Å². The van der Waals surface area contributed by atoms with E-state index in [9.17, 15) is 9.59 Å². The Labute approximate surface area is 122 Å². The molecule has 1 aromatic carbocycles. The number of hydrogen-bond donors (Lipinski definition) is 3. The molecule has 0 saturated carbocycles. The van der Waals surface area contributed by atoms with Crippen LogP contribution in [0.15, 0.2) is 30.3 Å². The summed E-state index contributed by atoms with van der Waals surface area (Å²) in [5, 5.41) is 14.1. The zero-order valence-electron chi connectivity index (χ0n) is 11.4. The Morgan fingerprint density at radius 2 is 2.00 bits per heavy atom. The SMILES string of the molecule is CSCC(C)NC(=O)Nc1ccc(/C=C/C(=O)O)cc1. The molecule has 5 nitrogen and oxygen atoms in total. The normalized spacial score (nSPS) is 12.1. The lowest BCUT2D eigenvalue weighted by Gasteiger charge is -2.13. The van der Waals surface area contributed by atoms with Crippen molar-refractivity contribution in [2.24, 2.45) is 0 Å². The molecule has 1 unspecified atom stereocenters. The molecule has 1 atom stereocenters. The second kappa shape index (κ2) is 8.27. The second-order valence-electron chi connectivity index (χ2n) is 4.25. The van der Waals surface area contributed by atoms with Crippen LogP contribution in [0.3, 0.4) is 0 Å². The van der Waals surface area contributed by atoms with Gasteiger partial charge in [0.1, 0.15) is 0 Å². The van der Waals surface area contributed by atoms with Gasteiger partial charge in [0.25, 0.3) is 0 Å². The van der Waals surface area contributed by atoms with Crippen LogP contribution < -0.4 is 10.6 Å². The van der Waals surface area contributed by atoms with Crippen LogP contribution in [-0.4, -0.2) is 35.2 Å². The van der Waals surface area contributed by atoms with Crippen molar-refractivity contribution in [2.75, 3.05) is 17.3 Å². The Kier molecular flexibility index (Phi) is 6.66. The van der Waals surface area contributed by atoms with Crippen LogP contribution in [0.4, 0.5) is 10.5 Å². The van der Waals surface area contributed by atoms with E-state index in [4.69, 9.17) is 5.11 Å². The summed E-state index contributed by atoms with van der Waals surface area (Å²) in [6.45, 7) is 1.94. The molecule has 1 rings (SSSR count). The van der Waals surface area contributed by atoms with Crippen molar-refractivity contribution in [3.8, 4) is 0 Å². The molecule has 0 radical (unpaired) electrons. The highest BCUT2D eigenvalue weighted by Gasteiger charge is 2.06. The average molecular weight is 294 g/mol. The Balaban J connectivity index is 2.52. The van der Waals surface area contributed by atoms with Crippen molar-refractivity contribution < 1.29 is 14.7 Å². The fourth-order valence-electron chi connectivity index (χ4n) is 1.53. The molecule has 0 aliphatic rings. The molecule has 0 heterocycles. The predicted molar refractivity (Wildman–Crippen MR) is 83.1 cm³/mol. The molecule has 0 fully saturated rings. The van der Waals surface area contributed by atoms with E-state index in [2.05, 4.69) is 10.6 Å². The number of carboxylic acid groups (broad SMARTS) is 1. The van der Waals surface area contributed by atoms with Crippen molar-refractivity contribution in [1.82, 2.24) is 5.32 Å². The zero-order chi connectivity index (χ0) is 15.0. The molecule has 1 aromatic rings. The molecule has 0 spiro atoms. The highest BCUT2D eigenvalue weighted by Crippen LogP contribution is 2.10. The molecule has 0 aliphatic heterocycles. The molecular weight excluding hydrogens is 276 g/mol. The molecule has 3 N–H and O–H groups in total. The lowest BCUT2D eigenvalue weighted by molar-refractivity contribution is -0.131. The first-order chi connectivity index (χ1) is 9.51. The maximum absolute atomic E-state index is 11.7. The van der Waals surface area contributed by atoms with Crippen LogP contribution in [0.2, 0.25) is 0 Å². The number of carboxylic acids is 1. The van der Waals surface area contributed by atoms with Crippen LogP contribution in [0.5, 0.6) is 0 Å². The predicted octanol–water partition coefficient (Wildman–Crippen LogP) is 2.66. The Morgan fingerprint density at radius 1 is 1.35 bits per heavy atom. The van der Waals surface area contributed by atoms with Gasteiger partial charge in [0.15, 0.2) is 0 Å².